The minimum absolute atomic E-state index is 0.609. The third-order valence-electron chi connectivity index (χ3n) is 2.48. The van der Waals surface area contributed by atoms with Crippen molar-refractivity contribution in [1.29, 1.82) is 0 Å². The van der Waals surface area contributed by atoms with Crippen LogP contribution in [0.1, 0.15) is 5.82 Å². The zero-order valence-electron chi connectivity index (χ0n) is 10.1. The van der Waals surface area contributed by atoms with E-state index in [1.165, 1.54) is 0 Å². The highest BCUT2D eigenvalue weighted by molar-refractivity contribution is 9.10. The zero-order chi connectivity index (χ0) is 13.1. The fourth-order valence-electron chi connectivity index (χ4n) is 1.64. The quantitative estimate of drug-likeness (QED) is 0.905. The molecule has 0 unspecified atom stereocenters. The van der Waals surface area contributed by atoms with Crippen molar-refractivity contribution in [2.45, 2.75) is 6.54 Å². The number of ether oxygens (including phenoxy) is 1. The number of H-pyrrole nitrogens is 1. The Balaban J connectivity index is 2.41. The Kier molecular flexibility index (Phi) is 4.27. The van der Waals surface area contributed by atoms with Crippen LogP contribution in [0.4, 0.5) is 0 Å². The molecule has 6 heteroatoms. The summed E-state index contributed by atoms with van der Waals surface area (Å²) >= 11 is 9.69. The Morgan fingerprint density at radius 1 is 1.50 bits per heavy atom. The number of rotatable bonds is 4. The standard InChI is InChI=1S/C12H13BrClN3O/c1-15-6-10-16-11(12(13)17-10)8-4-3-7(18-2)5-9(8)14/h3-5,15H,6H2,1-2H3,(H,16,17). The summed E-state index contributed by atoms with van der Waals surface area (Å²) in [7, 11) is 3.48. The van der Waals surface area contributed by atoms with Gasteiger partial charge in [-0.25, -0.2) is 4.98 Å². The first-order chi connectivity index (χ1) is 8.65. The molecule has 0 amide bonds. The summed E-state index contributed by atoms with van der Waals surface area (Å²) < 4.78 is 5.94. The highest BCUT2D eigenvalue weighted by Crippen LogP contribution is 2.34. The highest BCUT2D eigenvalue weighted by atomic mass is 79.9. The van der Waals surface area contributed by atoms with E-state index in [-0.39, 0.29) is 0 Å². The van der Waals surface area contributed by atoms with Gasteiger partial charge in [-0.1, -0.05) is 11.6 Å². The molecule has 0 bridgehead atoms. The number of halogens is 2. The molecule has 4 nitrogen and oxygen atoms in total. The smallest absolute Gasteiger partial charge is 0.121 e. The second-order valence-electron chi connectivity index (χ2n) is 3.72. The number of hydrogen-bond donors (Lipinski definition) is 2. The van der Waals surface area contributed by atoms with Crippen LogP contribution in [-0.2, 0) is 6.54 Å². The Labute approximate surface area is 119 Å². The predicted molar refractivity (Wildman–Crippen MR) is 76.0 cm³/mol. The Morgan fingerprint density at radius 3 is 2.89 bits per heavy atom. The lowest BCUT2D eigenvalue weighted by atomic mass is 10.1. The van der Waals surface area contributed by atoms with Crippen LogP contribution in [0, 0.1) is 0 Å². The van der Waals surface area contributed by atoms with Crippen LogP contribution in [0.2, 0.25) is 5.02 Å². The van der Waals surface area contributed by atoms with Gasteiger partial charge in [-0.3, -0.25) is 0 Å². The molecule has 1 aromatic carbocycles. The fourth-order valence-corrected chi connectivity index (χ4v) is 2.43. The summed E-state index contributed by atoms with van der Waals surface area (Å²) in [6, 6.07) is 5.53. The van der Waals surface area contributed by atoms with Crippen LogP contribution >= 0.6 is 27.5 Å². The molecule has 0 saturated carbocycles. The molecule has 1 heterocycles. The second-order valence-corrected chi connectivity index (χ2v) is 4.92. The molecular weight excluding hydrogens is 318 g/mol. The summed E-state index contributed by atoms with van der Waals surface area (Å²) in [6.07, 6.45) is 0. The molecule has 18 heavy (non-hydrogen) atoms. The van der Waals surface area contributed by atoms with Crippen molar-refractivity contribution in [2.24, 2.45) is 0 Å². The molecular formula is C12H13BrClN3O. The maximum absolute atomic E-state index is 6.23. The molecule has 0 spiro atoms. The third kappa shape index (κ3) is 2.68. The van der Waals surface area contributed by atoms with E-state index in [0.717, 1.165) is 27.4 Å². The average molecular weight is 331 g/mol. The molecule has 0 aliphatic heterocycles. The maximum atomic E-state index is 6.23. The first-order valence-corrected chi connectivity index (χ1v) is 6.55. The predicted octanol–water partition coefficient (Wildman–Crippen LogP) is 3.22. The van der Waals surface area contributed by atoms with E-state index in [1.807, 2.05) is 19.2 Å². The maximum Gasteiger partial charge on any atom is 0.121 e. The van der Waals surface area contributed by atoms with Crippen molar-refractivity contribution < 1.29 is 4.74 Å². The van der Waals surface area contributed by atoms with E-state index in [0.29, 0.717) is 11.6 Å². The van der Waals surface area contributed by atoms with E-state index in [2.05, 4.69) is 31.2 Å². The molecule has 0 aliphatic rings. The number of imidazole rings is 1. The number of nitrogens with one attached hydrogen (secondary N) is 2. The topological polar surface area (TPSA) is 49.9 Å². The summed E-state index contributed by atoms with van der Waals surface area (Å²) in [5.74, 6) is 1.58. The van der Waals surface area contributed by atoms with E-state index >= 15 is 0 Å². The van der Waals surface area contributed by atoms with Crippen molar-refractivity contribution in [2.75, 3.05) is 14.2 Å². The number of nitrogens with zero attached hydrogens (tertiary/aromatic N) is 1. The minimum atomic E-state index is 0.609. The van der Waals surface area contributed by atoms with Gasteiger partial charge in [0, 0.05) is 5.56 Å². The SMILES string of the molecule is CNCc1nc(-c2ccc(OC)cc2Cl)c(Br)[nH]1. The van der Waals surface area contributed by atoms with Gasteiger partial charge in [0.25, 0.3) is 0 Å². The summed E-state index contributed by atoms with van der Waals surface area (Å²) in [5.41, 5.74) is 1.66. The van der Waals surface area contributed by atoms with Crippen LogP contribution in [0.15, 0.2) is 22.8 Å². The third-order valence-corrected chi connectivity index (χ3v) is 3.37. The van der Waals surface area contributed by atoms with Gasteiger partial charge in [0.2, 0.25) is 0 Å². The van der Waals surface area contributed by atoms with Crippen molar-refractivity contribution in [3.05, 3.63) is 33.6 Å². The summed E-state index contributed by atoms with van der Waals surface area (Å²) in [5, 5.41) is 3.65. The lowest BCUT2D eigenvalue weighted by molar-refractivity contribution is 0.415. The molecule has 0 atom stereocenters. The Hall–Kier alpha value is -1.04. The lowest BCUT2D eigenvalue weighted by Crippen LogP contribution is -2.06. The molecule has 2 N–H and O–H groups in total. The van der Waals surface area contributed by atoms with Gasteiger partial charge in [-0.15, -0.1) is 0 Å². The second kappa shape index (κ2) is 5.73. The molecule has 0 fully saturated rings. The van der Waals surface area contributed by atoms with Crippen LogP contribution in [0.25, 0.3) is 11.3 Å². The molecule has 0 aliphatic carbocycles. The molecule has 0 saturated heterocycles. The number of aromatic nitrogens is 2. The number of aromatic amines is 1. The Morgan fingerprint density at radius 2 is 2.28 bits per heavy atom. The van der Waals surface area contributed by atoms with Gasteiger partial charge in [0.1, 0.15) is 21.9 Å². The van der Waals surface area contributed by atoms with Crippen molar-refractivity contribution in [3.63, 3.8) is 0 Å². The monoisotopic (exact) mass is 329 g/mol. The number of hydrogen-bond acceptors (Lipinski definition) is 3. The highest BCUT2D eigenvalue weighted by Gasteiger charge is 2.13. The van der Waals surface area contributed by atoms with E-state index < -0.39 is 0 Å². The molecule has 2 rings (SSSR count). The molecule has 0 radical (unpaired) electrons. The largest absolute Gasteiger partial charge is 0.497 e. The number of benzene rings is 1. The molecule has 2 aromatic rings. The van der Waals surface area contributed by atoms with Crippen LogP contribution in [-0.4, -0.2) is 24.1 Å². The van der Waals surface area contributed by atoms with Crippen LogP contribution in [0.5, 0.6) is 5.75 Å². The zero-order valence-corrected chi connectivity index (χ0v) is 12.4. The minimum Gasteiger partial charge on any atom is -0.497 e. The average Bonchev–Trinajstić information content (AvgIpc) is 2.70. The molecule has 96 valence electrons. The number of methoxy groups -OCH3 is 1. The van der Waals surface area contributed by atoms with E-state index in [4.69, 9.17) is 16.3 Å². The van der Waals surface area contributed by atoms with Gasteiger partial charge < -0.3 is 15.0 Å². The van der Waals surface area contributed by atoms with E-state index in [9.17, 15) is 0 Å². The van der Waals surface area contributed by atoms with Gasteiger partial charge in [-0.2, -0.15) is 0 Å². The van der Waals surface area contributed by atoms with Crippen molar-refractivity contribution >= 4 is 27.5 Å². The van der Waals surface area contributed by atoms with E-state index in [1.54, 1.807) is 13.2 Å². The summed E-state index contributed by atoms with van der Waals surface area (Å²) in [6.45, 7) is 0.673. The van der Waals surface area contributed by atoms with Crippen molar-refractivity contribution in [1.82, 2.24) is 15.3 Å². The van der Waals surface area contributed by atoms with Gasteiger partial charge in [0.15, 0.2) is 0 Å². The summed E-state index contributed by atoms with van der Waals surface area (Å²) in [4.78, 5) is 7.65. The first-order valence-electron chi connectivity index (χ1n) is 5.38. The normalized spacial score (nSPS) is 10.7. The van der Waals surface area contributed by atoms with Crippen LogP contribution < -0.4 is 10.1 Å². The van der Waals surface area contributed by atoms with Gasteiger partial charge in [-0.05, 0) is 41.2 Å². The Bertz CT molecular complexity index is 556. The lowest BCUT2D eigenvalue weighted by Gasteiger charge is -2.04. The first kappa shape index (κ1) is 13.4. The van der Waals surface area contributed by atoms with Crippen molar-refractivity contribution in [3.8, 4) is 17.0 Å². The fraction of sp³-hybridized carbons (Fsp3) is 0.250. The van der Waals surface area contributed by atoms with Gasteiger partial charge >= 0.3 is 0 Å². The molecule has 1 aromatic heterocycles. The van der Waals surface area contributed by atoms with Gasteiger partial charge in [0.05, 0.1) is 18.7 Å². The van der Waals surface area contributed by atoms with Crippen LogP contribution in [0.3, 0.4) is 0 Å².